The summed E-state index contributed by atoms with van der Waals surface area (Å²) in [4.78, 5) is 16.2. The van der Waals surface area contributed by atoms with Crippen LogP contribution in [0.2, 0.25) is 0 Å². The average molecular weight is 271 g/mol. The number of nitrogens with zero attached hydrogens (tertiary/aromatic N) is 2. The van der Waals surface area contributed by atoms with Crippen LogP contribution in [-0.2, 0) is 9.53 Å². The molecule has 1 aliphatic carbocycles. The molecule has 0 bridgehead atoms. The van der Waals surface area contributed by atoms with Crippen molar-refractivity contribution in [2.24, 2.45) is 11.7 Å². The SMILES string of the molecule is COCCN(CC(=O)N(C)CCCN)C(C)C1CC1. The summed E-state index contributed by atoms with van der Waals surface area (Å²) >= 11 is 0. The number of amides is 1. The zero-order valence-corrected chi connectivity index (χ0v) is 12.6. The van der Waals surface area contributed by atoms with Gasteiger partial charge in [0.05, 0.1) is 13.2 Å². The molecule has 0 radical (unpaired) electrons. The fourth-order valence-corrected chi connectivity index (χ4v) is 2.26. The second-order valence-corrected chi connectivity index (χ2v) is 5.50. The molecule has 1 atom stereocenters. The molecule has 0 aromatic heterocycles. The minimum absolute atomic E-state index is 0.178. The summed E-state index contributed by atoms with van der Waals surface area (Å²) in [7, 11) is 3.56. The fraction of sp³-hybridized carbons (Fsp3) is 0.929. The Labute approximate surface area is 117 Å². The summed E-state index contributed by atoms with van der Waals surface area (Å²) in [6.07, 6.45) is 3.45. The highest BCUT2D eigenvalue weighted by Gasteiger charge is 2.32. The minimum Gasteiger partial charge on any atom is -0.383 e. The smallest absolute Gasteiger partial charge is 0.236 e. The van der Waals surface area contributed by atoms with Gasteiger partial charge < -0.3 is 15.4 Å². The summed E-state index contributed by atoms with van der Waals surface area (Å²) in [5.74, 6) is 0.941. The third-order valence-electron chi connectivity index (χ3n) is 3.92. The molecule has 0 aromatic rings. The number of carbonyl (C=O) groups is 1. The second-order valence-electron chi connectivity index (χ2n) is 5.50. The highest BCUT2D eigenvalue weighted by Crippen LogP contribution is 2.35. The Bertz CT molecular complexity index is 269. The number of ether oxygens (including phenoxy) is 1. The van der Waals surface area contributed by atoms with Crippen LogP contribution < -0.4 is 5.73 Å². The molecule has 2 N–H and O–H groups in total. The maximum Gasteiger partial charge on any atom is 0.236 e. The van der Waals surface area contributed by atoms with Gasteiger partial charge >= 0.3 is 0 Å². The van der Waals surface area contributed by atoms with Crippen molar-refractivity contribution in [1.82, 2.24) is 9.80 Å². The fourth-order valence-electron chi connectivity index (χ4n) is 2.26. The van der Waals surface area contributed by atoms with E-state index in [9.17, 15) is 4.79 Å². The van der Waals surface area contributed by atoms with E-state index >= 15 is 0 Å². The molecule has 1 unspecified atom stereocenters. The molecule has 5 nitrogen and oxygen atoms in total. The van der Waals surface area contributed by atoms with Gasteiger partial charge in [0, 0.05) is 33.3 Å². The van der Waals surface area contributed by atoms with Gasteiger partial charge in [0.2, 0.25) is 5.91 Å². The molecular weight excluding hydrogens is 242 g/mol. The molecule has 5 heteroatoms. The van der Waals surface area contributed by atoms with Crippen LogP contribution in [0.4, 0.5) is 0 Å². The lowest BCUT2D eigenvalue weighted by atomic mass is 10.2. The van der Waals surface area contributed by atoms with Crippen LogP contribution in [0.1, 0.15) is 26.2 Å². The van der Waals surface area contributed by atoms with Crippen LogP contribution in [-0.4, -0.2) is 68.7 Å². The van der Waals surface area contributed by atoms with Gasteiger partial charge in [0.25, 0.3) is 0 Å². The topological polar surface area (TPSA) is 58.8 Å². The number of hydrogen-bond donors (Lipinski definition) is 1. The largest absolute Gasteiger partial charge is 0.383 e. The lowest BCUT2D eigenvalue weighted by Gasteiger charge is -2.30. The Morgan fingerprint density at radius 1 is 1.42 bits per heavy atom. The summed E-state index contributed by atoms with van der Waals surface area (Å²) < 4.78 is 5.15. The number of rotatable bonds is 10. The predicted molar refractivity (Wildman–Crippen MR) is 76.9 cm³/mol. The van der Waals surface area contributed by atoms with Crippen molar-refractivity contribution in [1.29, 1.82) is 0 Å². The van der Waals surface area contributed by atoms with Gasteiger partial charge in [0.15, 0.2) is 0 Å². The van der Waals surface area contributed by atoms with Gasteiger partial charge in [-0.1, -0.05) is 0 Å². The van der Waals surface area contributed by atoms with Crippen LogP contribution in [0.5, 0.6) is 0 Å². The standard InChI is InChI=1S/C14H29N3O2/c1-12(13-5-6-13)17(9-10-19-3)11-14(18)16(2)8-4-7-15/h12-13H,4-11,15H2,1-3H3. The lowest BCUT2D eigenvalue weighted by molar-refractivity contribution is -0.132. The first-order chi connectivity index (χ1) is 9.10. The molecule has 1 amide bonds. The number of likely N-dealkylation sites (N-methyl/N-ethyl adjacent to an activating group) is 1. The summed E-state index contributed by atoms with van der Waals surface area (Å²) in [6, 6.07) is 0.474. The maximum atomic E-state index is 12.2. The molecule has 0 aromatic carbocycles. The number of nitrogens with two attached hydrogens (primary N) is 1. The highest BCUT2D eigenvalue weighted by atomic mass is 16.5. The third-order valence-corrected chi connectivity index (χ3v) is 3.92. The Morgan fingerprint density at radius 2 is 2.11 bits per heavy atom. The van der Waals surface area contributed by atoms with E-state index in [1.807, 2.05) is 7.05 Å². The van der Waals surface area contributed by atoms with Crippen LogP contribution >= 0.6 is 0 Å². The quantitative estimate of drug-likeness (QED) is 0.630. The van der Waals surface area contributed by atoms with E-state index in [2.05, 4.69) is 11.8 Å². The zero-order valence-electron chi connectivity index (χ0n) is 12.6. The van der Waals surface area contributed by atoms with Crippen LogP contribution in [0, 0.1) is 5.92 Å². The van der Waals surface area contributed by atoms with Crippen molar-refractivity contribution in [3.05, 3.63) is 0 Å². The Morgan fingerprint density at radius 3 is 2.63 bits per heavy atom. The molecule has 1 fully saturated rings. The molecule has 1 saturated carbocycles. The number of carbonyl (C=O) groups excluding carboxylic acids is 1. The minimum atomic E-state index is 0.178. The van der Waals surface area contributed by atoms with Crippen molar-refractivity contribution >= 4 is 5.91 Å². The van der Waals surface area contributed by atoms with E-state index in [1.165, 1.54) is 12.8 Å². The molecule has 112 valence electrons. The predicted octanol–water partition coefficient (Wildman–Crippen LogP) is 0.541. The van der Waals surface area contributed by atoms with Crippen molar-refractivity contribution < 1.29 is 9.53 Å². The molecule has 19 heavy (non-hydrogen) atoms. The third kappa shape index (κ3) is 5.89. The molecule has 1 rings (SSSR count). The van der Waals surface area contributed by atoms with E-state index in [1.54, 1.807) is 12.0 Å². The first kappa shape index (κ1) is 16.4. The van der Waals surface area contributed by atoms with Crippen LogP contribution in [0.25, 0.3) is 0 Å². The van der Waals surface area contributed by atoms with E-state index in [-0.39, 0.29) is 5.91 Å². The number of methoxy groups -OCH3 is 1. The summed E-state index contributed by atoms with van der Waals surface area (Å²) in [5.41, 5.74) is 5.48. The van der Waals surface area contributed by atoms with E-state index in [4.69, 9.17) is 10.5 Å². The monoisotopic (exact) mass is 271 g/mol. The Hall–Kier alpha value is -0.650. The first-order valence-corrected chi connectivity index (χ1v) is 7.27. The molecular formula is C14H29N3O2. The summed E-state index contributed by atoms with van der Waals surface area (Å²) in [5, 5.41) is 0. The van der Waals surface area contributed by atoms with Gasteiger partial charge in [-0.3, -0.25) is 9.69 Å². The molecule has 1 aliphatic rings. The Kier molecular flexibility index (Phi) is 7.34. The van der Waals surface area contributed by atoms with Crippen molar-refractivity contribution in [2.75, 3.05) is 46.9 Å². The molecule has 0 aliphatic heterocycles. The second kappa shape index (κ2) is 8.51. The van der Waals surface area contributed by atoms with Gasteiger partial charge in [-0.2, -0.15) is 0 Å². The van der Waals surface area contributed by atoms with E-state index in [0.717, 1.165) is 25.4 Å². The highest BCUT2D eigenvalue weighted by molar-refractivity contribution is 5.78. The first-order valence-electron chi connectivity index (χ1n) is 7.27. The van der Waals surface area contributed by atoms with Crippen molar-refractivity contribution in [3.8, 4) is 0 Å². The van der Waals surface area contributed by atoms with Gasteiger partial charge in [-0.05, 0) is 38.6 Å². The van der Waals surface area contributed by atoms with E-state index in [0.29, 0.717) is 25.7 Å². The lowest BCUT2D eigenvalue weighted by Crippen LogP contribution is -2.45. The van der Waals surface area contributed by atoms with Gasteiger partial charge in [-0.25, -0.2) is 0 Å². The normalized spacial score (nSPS) is 16.7. The van der Waals surface area contributed by atoms with E-state index < -0.39 is 0 Å². The molecule has 0 heterocycles. The molecule has 0 spiro atoms. The average Bonchev–Trinajstić information content (AvgIpc) is 3.23. The van der Waals surface area contributed by atoms with Crippen molar-refractivity contribution in [3.63, 3.8) is 0 Å². The maximum absolute atomic E-state index is 12.2. The van der Waals surface area contributed by atoms with Gasteiger partial charge in [-0.15, -0.1) is 0 Å². The van der Waals surface area contributed by atoms with Crippen LogP contribution in [0.15, 0.2) is 0 Å². The summed E-state index contributed by atoms with van der Waals surface area (Å²) in [6.45, 7) is 5.58. The Balaban J connectivity index is 2.43. The van der Waals surface area contributed by atoms with Gasteiger partial charge in [0.1, 0.15) is 0 Å². The van der Waals surface area contributed by atoms with Crippen molar-refractivity contribution in [2.45, 2.75) is 32.2 Å². The number of hydrogen-bond acceptors (Lipinski definition) is 4. The molecule has 0 saturated heterocycles. The zero-order chi connectivity index (χ0) is 14.3. The van der Waals surface area contributed by atoms with Crippen LogP contribution in [0.3, 0.4) is 0 Å².